The summed E-state index contributed by atoms with van der Waals surface area (Å²) in [5.74, 6) is 0. The summed E-state index contributed by atoms with van der Waals surface area (Å²) < 4.78 is 9.21. The highest BCUT2D eigenvalue weighted by Gasteiger charge is 2.38. The maximum absolute atomic E-state index is 6.66. The van der Waals surface area contributed by atoms with Crippen molar-refractivity contribution in [3.05, 3.63) is 187 Å². The highest BCUT2D eigenvalue weighted by atomic mass is 32.1. The number of fused-ring (bicyclic) bond motifs is 9. The molecule has 0 saturated carbocycles. The molecule has 2 nitrogen and oxygen atoms in total. The van der Waals surface area contributed by atoms with Gasteiger partial charge in [-0.25, -0.2) is 0 Å². The third-order valence-corrected chi connectivity index (χ3v) is 12.7. The van der Waals surface area contributed by atoms with E-state index in [1.165, 1.54) is 64.7 Å². The fourth-order valence-corrected chi connectivity index (χ4v) is 10.1. The Morgan fingerprint density at radius 2 is 1.19 bits per heavy atom. The molecule has 8 aromatic carbocycles. The molecule has 0 radical (unpaired) electrons. The first kappa shape index (κ1) is 31.1. The van der Waals surface area contributed by atoms with Crippen LogP contribution in [0.15, 0.2) is 180 Å². The van der Waals surface area contributed by atoms with E-state index in [1.807, 2.05) is 11.3 Å². The van der Waals surface area contributed by atoms with Crippen molar-refractivity contribution in [1.29, 1.82) is 0 Å². The van der Waals surface area contributed by atoms with E-state index in [0.29, 0.717) is 0 Å². The normalized spacial score (nSPS) is 13.1. The van der Waals surface area contributed by atoms with Crippen LogP contribution in [0.25, 0.3) is 75.5 Å². The second-order valence-corrected chi connectivity index (χ2v) is 15.9. The Balaban J connectivity index is 1.26. The number of anilines is 3. The Morgan fingerprint density at radius 3 is 2.04 bits per heavy atom. The molecule has 0 bridgehead atoms. The fourth-order valence-electron chi connectivity index (χ4n) is 8.90. The minimum Gasteiger partial charge on any atom is -0.456 e. The van der Waals surface area contributed by atoms with Crippen LogP contribution in [0, 0.1) is 0 Å². The van der Waals surface area contributed by atoms with Gasteiger partial charge in [-0.15, -0.1) is 11.3 Å². The molecule has 0 fully saturated rings. The zero-order valence-electron chi connectivity index (χ0n) is 30.0. The van der Waals surface area contributed by atoms with Gasteiger partial charge in [0, 0.05) is 32.0 Å². The molecule has 256 valence electrons. The predicted octanol–water partition coefficient (Wildman–Crippen LogP) is 15.1. The first-order chi connectivity index (χ1) is 26.5. The lowest BCUT2D eigenvalue weighted by Crippen LogP contribution is -2.17. The van der Waals surface area contributed by atoms with E-state index in [1.54, 1.807) is 0 Å². The largest absolute Gasteiger partial charge is 0.456 e. The van der Waals surface area contributed by atoms with Gasteiger partial charge < -0.3 is 9.32 Å². The Bertz CT molecular complexity index is 3080. The quantitative estimate of drug-likeness (QED) is 0.177. The van der Waals surface area contributed by atoms with Crippen molar-refractivity contribution in [3.63, 3.8) is 0 Å². The molecule has 0 aliphatic heterocycles. The minimum atomic E-state index is -0.195. The zero-order valence-corrected chi connectivity index (χ0v) is 30.8. The number of rotatable bonds is 5. The van der Waals surface area contributed by atoms with Gasteiger partial charge in [0.2, 0.25) is 0 Å². The molecule has 2 heterocycles. The van der Waals surface area contributed by atoms with Crippen molar-refractivity contribution in [2.75, 3.05) is 4.90 Å². The summed E-state index contributed by atoms with van der Waals surface area (Å²) in [5, 5.41) is 4.76. The van der Waals surface area contributed by atoms with E-state index in [0.717, 1.165) is 39.0 Å². The highest BCUT2D eigenvalue weighted by Crippen LogP contribution is 2.56. The maximum atomic E-state index is 6.66. The smallest absolute Gasteiger partial charge is 0.137 e. The van der Waals surface area contributed by atoms with E-state index in [2.05, 4.69) is 195 Å². The summed E-state index contributed by atoms with van der Waals surface area (Å²) in [5.41, 5.74) is 15.1. The molecule has 0 N–H and O–H groups in total. The van der Waals surface area contributed by atoms with Gasteiger partial charge in [0.25, 0.3) is 0 Å². The van der Waals surface area contributed by atoms with Crippen LogP contribution in [0.3, 0.4) is 0 Å². The fraction of sp³-hybridized carbons (Fsp3) is 0.0588. The molecule has 2 aromatic heterocycles. The van der Waals surface area contributed by atoms with Gasteiger partial charge >= 0.3 is 0 Å². The Kier molecular flexibility index (Phi) is 6.80. The molecular formula is C51H35NOS. The van der Waals surface area contributed by atoms with Crippen molar-refractivity contribution in [2.45, 2.75) is 19.3 Å². The summed E-state index contributed by atoms with van der Waals surface area (Å²) in [6.07, 6.45) is 0. The molecule has 0 unspecified atom stereocenters. The first-order valence-electron chi connectivity index (χ1n) is 18.6. The third-order valence-electron chi connectivity index (χ3n) is 11.5. The summed E-state index contributed by atoms with van der Waals surface area (Å²) >= 11 is 1.87. The third kappa shape index (κ3) is 4.58. The van der Waals surface area contributed by atoms with Crippen molar-refractivity contribution in [2.24, 2.45) is 0 Å². The summed E-state index contributed by atoms with van der Waals surface area (Å²) in [7, 11) is 0. The Hall–Kier alpha value is -6.42. The lowest BCUT2D eigenvalue weighted by atomic mass is 9.81. The standard InChI is InChI=1S/C51H35NOS/c1-51(2)41-22-11-9-20-38(41)48-39(33-17-7-4-8-18-33)30-35(31-42(48)51)52(44-24-13-21-37-36-19-10-12-26-47(36)54-50(37)44)43-23-14-25-46-49(43)40-29-34(27-28-45(40)53-46)32-15-5-3-6-16-32/h3-31H,1-2H3. The molecule has 54 heavy (non-hydrogen) atoms. The molecule has 1 aliphatic carbocycles. The van der Waals surface area contributed by atoms with Gasteiger partial charge in [0.15, 0.2) is 0 Å². The van der Waals surface area contributed by atoms with Crippen molar-refractivity contribution in [1.82, 2.24) is 0 Å². The van der Waals surface area contributed by atoms with Gasteiger partial charge in [0.1, 0.15) is 11.2 Å². The molecule has 0 spiro atoms. The van der Waals surface area contributed by atoms with E-state index >= 15 is 0 Å². The molecule has 1 aliphatic rings. The zero-order chi connectivity index (χ0) is 36.0. The second kappa shape index (κ2) is 11.8. The Morgan fingerprint density at radius 1 is 0.481 bits per heavy atom. The maximum Gasteiger partial charge on any atom is 0.137 e. The van der Waals surface area contributed by atoms with Crippen LogP contribution in [0.4, 0.5) is 17.1 Å². The van der Waals surface area contributed by atoms with Crippen LogP contribution in [0.1, 0.15) is 25.0 Å². The van der Waals surface area contributed by atoms with Crippen LogP contribution in [0.5, 0.6) is 0 Å². The van der Waals surface area contributed by atoms with E-state index in [9.17, 15) is 0 Å². The van der Waals surface area contributed by atoms with Crippen molar-refractivity contribution < 1.29 is 4.42 Å². The van der Waals surface area contributed by atoms with Crippen LogP contribution < -0.4 is 4.90 Å². The minimum absolute atomic E-state index is 0.195. The first-order valence-corrected chi connectivity index (χ1v) is 19.4. The van der Waals surface area contributed by atoms with Gasteiger partial charge in [-0.05, 0) is 93.0 Å². The van der Waals surface area contributed by atoms with Crippen molar-refractivity contribution in [3.8, 4) is 33.4 Å². The van der Waals surface area contributed by atoms with Crippen molar-refractivity contribution >= 4 is 70.5 Å². The monoisotopic (exact) mass is 709 g/mol. The van der Waals surface area contributed by atoms with Gasteiger partial charge in [0.05, 0.1) is 21.5 Å². The average Bonchev–Trinajstić information content (AvgIpc) is 3.87. The summed E-state index contributed by atoms with van der Waals surface area (Å²) in [6, 6.07) is 64.1. The number of thiophene rings is 1. The highest BCUT2D eigenvalue weighted by molar-refractivity contribution is 7.26. The van der Waals surface area contributed by atoms with E-state index < -0.39 is 0 Å². The number of benzene rings is 8. The lowest BCUT2D eigenvalue weighted by Gasteiger charge is -2.30. The molecule has 11 rings (SSSR count). The topological polar surface area (TPSA) is 16.4 Å². The SMILES string of the molecule is CC1(C)c2ccccc2-c2c(-c3ccccc3)cc(N(c3cccc4c3sc3ccccc34)c3cccc4oc5ccc(-c6ccccc6)cc5c34)cc21. The number of nitrogens with zero attached hydrogens (tertiary/aromatic N) is 1. The van der Waals surface area contributed by atoms with Gasteiger partial charge in [-0.2, -0.15) is 0 Å². The lowest BCUT2D eigenvalue weighted by molar-refractivity contribution is 0.660. The molecule has 10 aromatic rings. The molecule has 0 amide bonds. The Labute approximate surface area is 318 Å². The molecule has 0 saturated heterocycles. The predicted molar refractivity (Wildman–Crippen MR) is 230 cm³/mol. The molecule has 3 heteroatoms. The number of hydrogen-bond donors (Lipinski definition) is 0. The summed E-state index contributed by atoms with van der Waals surface area (Å²) in [6.45, 7) is 4.76. The second-order valence-electron chi connectivity index (χ2n) is 14.9. The number of furan rings is 1. The summed E-state index contributed by atoms with van der Waals surface area (Å²) in [4.78, 5) is 2.51. The number of hydrogen-bond acceptors (Lipinski definition) is 3. The van der Waals surface area contributed by atoms with Gasteiger partial charge in [-0.3, -0.25) is 0 Å². The van der Waals surface area contributed by atoms with Crippen LogP contribution in [-0.4, -0.2) is 0 Å². The van der Waals surface area contributed by atoms with E-state index in [4.69, 9.17) is 4.42 Å². The average molecular weight is 710 g/mol. The van der Waals surface area contributed by atoms with Gasteiger partial charge in [-0.1, -0.05) is 141 Å². The van der Waals surface area contributed by atoms with Crippen LogP contribution >= 0.6 is 11.3 Å². The molecule has 0 atom stereocenters. The van der Waals surface area contributed by atoms with Crippen LogP contribution in [-0.2, 0) is 5.41 Å². The molecular weight excluding hydrogens is 675 g/mol. The van der Waals surface area contributed by atoms with E-state index in [-0.39, 0.29) is 5.41 Å². The van der Waals surface area contributed by atoms with Crippen LogP contribution in [0.2, 0.25) is 0 Å².